The predicted octanol–water partition coefficient (Wildman–Crippen LogP) is 2.53. The van der Waals surface area contributed by atoms with Crippen molar-refractivity contribution in [2.75, 3.05) is 6.61 Å². The lowest BCUT2D eigenvalue weighted by molar-refractivity contribution is -0.123. The molecule has 3 N–H and O–H groups in total. The summed E-state index contributed by atoms with van der Waals surface area (Å²) in [4.78, 5) is 24.1. The molecule has 0 aliphatic carbocycles. The van der Waals surface area contributed by atoms with Crippen molar-refractivity contribution in [1.82, 2.24) is 15.6 Å². The summed E-state index contributed by atoms with van der Waals surface area (Å²) in [6.07, 6.45) is 0. The van der Waals surface area contributed by atoms with Gasteiger partial charge in [-0.25, -0.2) is 13.1 Å². The van der Waals surface area contributed by atoms with Crippen molar-refractivity contribution < 1.29 is 22.7 Å². The van der Waals surface area contributed by atoms with E-state index in [1.54, 1.807) is 24.3 Å². The normalized spacial score (nSPS) is 10.7. The highest BCUT2D eigenvalue weighted by Crippen LogP contribution is 2.23. The molecule has 0 aromatic heterocycles. The highest BCUT2D eigenvalue weighted by atomic mass is 35.5. The van der Waals surface area contributed by atoms with Gasteiger partial charge >= 0.3 is 0 Å². The zero-order valence-corrected chi connectivity index (χ0v) is 19.2. The lowest BCUT2D eigenvalue weighted by atomic mass is 10.2. The Hall–Kier alpha value is -3.91. The number of nitrogens with zero attached hydrogens (tertiary/aromatic N) is 1. The Kier molecular flexibility index (Phi) is 8.21. The summed E-state index contributed by atoms with van der Waals surface area (Å²) >= 11 is 6.06. The first kappa shape index (κ1) is 24.7. The molecule has 0 radical (unpaired) electrons. The van der Waals surface area contributed by atoms with E-state index in [4.69, 9.17) is 21.6 Å². The fraction of sp³-hybridized carbons (Fsp3) is 0.0870. The minimum absolute atomic E-state index is 0.0298. The number of carbonyl (C=O) groups is 2. The standard InChI is InChI=1S/C23H19ClN4O5S/c24-20-11-8-18(12-21(20)34(31,32)26-14-17-4-2-1-3-5-17)23(30)28-27-22(29)15-33-19-9-6-16(13-25)7-10-19/h1-12,26H,14-15H2,(H,27,29)(H,28,30). The summed E-state index contributed by atoms with van der Waals surface area (Å²) in [5.41, 5.74) is 5.54. The molecule has 0 saturated carbocycles. The molecule has 11 heteroatoms. The second kappa shape index (κ2) is 11.3. The van der Waals surface area contributed by atoms with Gasteiger partial charge in [-0.3, -0.25) is 20.4 Å². The molecule has 0 heterocycles. The molecule has 0 fully saturated rings. The van der Waals surface area contributed by atoms with Crippen molar-refractivity contribution in [2.45, 2.75) is 11.4 Å². The molecule has 9 nitrogen and oxygen atoms in total. The molecule has 0 unspecified atom stereocenters. The fourth-order valence-electron chi connectivity index (χ4n) is 2.71. The number of nitrogens with one attached hydrogen (secondary N) is 3. The summed E-state index contributed by atoms with van der Waals surface area (Å²) in [7, 11) is -4.01. The number of nitriles is 1. The third-order valence-corrected chi connectivity index (χ3v) is 6.34. The van der Waals surface area contributed by atoms with Gasteiger partial charge in [0.05, 0.1) is 16.7 Å². The number of carbonyl (C=O) groups excluding carboxylic acids is 2. The van der Waals surface area contributed by atoms with E-state index in [9.17, 15) is 18.0 Å². The van der Waals surface area contributed by atoms with E-state index in [0.29, 0.717) is 11.3 Å². The van der Waals surface area contributed by atoms with E-state index < -0.39 is 28.4 Å². The molecule has 34 heavy (non-hydrogen) atoms. The van der Waals surface area contributed by atoms with Gasteiger partial charge in [-0.15, -0.1) is 0 Å². The smallest absolute Gasteiger partial charge is 0.276 e. The molecular weight excluding hydrogens is 480 g/mol. The highest BCUT2D eigenvalue weighted by molar-refractivity contribution is 7.89. The lowest BCUT2D eigenvalue weighted by Crippen LogP contribution is -2.43. The number of hydrazine groups is 1. The van der Waals surface area contributed by atoms with Gasteiger partial charge in [0.2, 0.25) is 10.0 Å². The van der Waals surface area contributed by atoms with Crippen LogP contribution in [-0.2, 0) is 21.4 Å². The summed E-state index contributed by atoms with van der Waals surface area (Å²) < 4.78 is 33.1. The molecule has 3 aromatic rings. The molecule has 174 valence electrons. The number of hydrogen-bond acceptors (Lipinski definition) is 6. The van der Waals surface area contributed by atoms with Crippen molar-refractivity contribution >= 4 is 33.4 Å². The number of rotatable bonds is 8. The van der Waals surface area contributed by atoms with Crippen LogP contribution in [0.25, 0.3) is 0 Å². The van der Waals surface area contributed by atoms with E-state index in [1.165, 1.54) is 36.4 Å². The van der Waals surface area contributed by atoms with E-state index in [-0.39, 0.29) is 22.0 Å². The molecular formula is C23H19ClN4O5S. The molecule has 0 saturated heterocycles. The number of ether oxygens (including phenoxy) is 1. The number of hydrogen-bond donors (Lipinski definition) is 3. The van der Waals surface area contributed by atoms with Gasteiger partial charge in [0.25, 0.3) is 11.8 Å². The number of sulfonamides is 1. The van der Waals surface area contributed by atoms with Gasteiger partial charge in [0.15, 0.2) is 6.61 Å². The topological polar surface area (TPSA) is 137 Å². The Balaban J connectivity index is 1.57. The minimum Gasteiger partial charge on any atom is -0.484 e. The van der Waals surface area contributed by atoms with Crippen LogP contribution in [0.2, 0.25) is 5.02 Å². The van der Waals surface area contributed by atoms with Gasteiger partial charge in [-0.1, -0.05) is 41.9 Å². The van der Waals surface area contributed by atoms with Gasteiger partial charge in [-0.2, -0.15) is 5.26 Å². The minimum atomic E-state index is -4.01. The maximum Gasteiger partial charge on any atom is 0.276 e. The molecule has 0 aliphatic rings. The van der Waals surface area contributed by atoms with Crippen molar-refractivity contribution in [2.24, 2.45) is 0 Å². The van der Waals surface area contributed by atoms with Crippen molar-refractivity contribution in [3.05, 3.63) is 94.5 Å². The van der Waals surface area contributed by atoms with Gasteiger partial charge in [0.1, 0.15) is 10.6 Å². The average molecular weight is 499 g/mol. The third kappa shape index (κ3) is 6.79. The molecule has 0 spiro atoms. The average Bonchev–Trinajstić information content (AvgIpc) is 2.86. The zero-order chi connectivity index (χ0) is 24.6. The van der Waals surface area contributed by atoms with Crippen LogP contribution in [0.4, 0.5) is 0 Å². The van der Waals surface area contributed by atoms with Crippen LogP contribution in [0.3, 0.4) is 0 Å². The second-order valence-corrected chi connectivity index (χ2v) is 9.03. The maximum atomic E-state index is 12.7. The first-order valence-electron chi connectivity index (χ1n) is 9.84. The second-order valence-electron chi connectivity index (χ2n) is 6.88. The Labute approximate surface area is 201 Å². The highest BCUT2D eigenvalue weighted by Gasteiger charge is 2.20. The van der Waals surface area contributed by atoms with Crippen LogP contribution in [0.1, 0.15) is 21.5 Å². The van der Waals surface area contributed by atoms with Crippen molar-refractivity contribution in [3.63, 3.8) is 0 Å². The Bertz CT molecular complexity index is 1320. The summed E-state index contributed by atoms with van der Waals surface area (Å²) in [6.45, 7) is -0.346. The number of benzene rings is 3. The molecule has 0 aliphatic heterocycles. The molecule has 2 amide bonds. The Morgan fingerprint density at radius 1 is 0.971 bits per heavy atom. The van der Waals surface area contributed by atoms with Crippen LogP contribution in [0.15, 0.2) is 77.7 Å². The fourth-order valence-corrected chi connectivity index (χ4v) is 4.25. The van der Waals surface area contributed by atoms with Gasteiger partial charge in [-0.05, 0) is 48.0 Å². The third-order valence-electron chi connectivity index (χ3n) is 4.46. The van der Waals surface area contributed by atoms with Crippen LogP contribution in [0.5, 0.6) is 5.75 Å². The Morgan fingerprint density at radius 2 is 1.68 bits per heavy atom. The first-order valence-corrected chi connectivity index (χ1v) is 11.7. The quantitative estimate of drug-likeness (QED) is 0.408. The Morgan fingerprint density at radius 3 is 2.35 bits per heavy atom. The first-order chi connectivity index (χ1) is 16.3. The van der Waals surface area contributed by atoms with Crippen LogP contribution in [-0.4, -0.2) is 26.8 Å². The molecule has 3 rings (SSSR count). The van der Waals surface area contributed by atoms with Gasteiger partial charge in [0, 0.05) is 12.1 Å². The number of amides is 2. The largest absolute Gasteiger partial charge is 0.484 e. The zero-order valence-electron chi connectivity index (χ0n) is 17.6. The van der Waals surface area contributed by atoms with E-state index in [0.717, 1.165) is 11.6 Å². The van der Waals surface area contributed by atoms with Crippen LogP contribution < -0.4 is 20.3 Å². The maximum absolute atomic E-state index is 12.7. The predicted molar refractivity (Wildman–Crippen MR) is 124 cm³/mol. The van der Waals surface area contributed by atoms with Crippen molar-refractivity contribution in [3.8, 4) is 11.8 Å². The SMILES string of the molecule is N#Cc1ccc(OCC(=O)NNC(=O)c2ccc(Cl)c(S(=O)(=O)NCc3ccccc3)c2)cc1. The van der Waals surface area contributed by atoms with Crippen LogP contribution in [0, 0.1) is 11.3 Å². The monoisotopic (exact) mass is 498 g/mol. The lowest BCUT2D eigenvalue weighted by Gasteiger charge is -2.11. The summed E-state index contributed by atoms with van der Waals surface area (Å²) in [6, 6.07) is 20.7. The van der Waals surface area contributed by atoms with Crippen LogP contribution >= 0.6 is 11.6 Å². The summed E-state index contributed by atoms with van der Waals surface area (Å²) in [5.74, 6) is -1.03. The number of halogens is 1. The van der Waals surface area contributed by atoms with Crippen molar-refractivity contribution in [1.29, 1.82) is 5.26 Å². The van der Waals surface area contributed by atoms with Gasteiger partial charge < -0.3 is 4.74 Å². The molecule has 0 bridgehead atoms. The van der Waals surface area contributed by atoms with E-state index in [1.807, 2.05) is 12.1 Å². The molecule has 3 aromatic carbocycles. The molecule has 0 atom stereocenters. The van der Waals surface area contributed by atoms with E-state index >= 15 is 0 Å². The van der Waals surface area contributed by atoms with E-state index in [2.05, 4.69) is 15.6 Å². The summed E-state index contributed by atoms with van der Waals surface area (Å²) in [5, 5.41) is 8.72.